The van der Waals surface area contributed by atoms with E-state index in [1.54, 1.807) is 16.2 Å². The van der Waals surface area contributed by atoms with Gasteiger partial charge in [-0.2, -0.15) is 4.68 Å². The minimum Gasteiger partial charge on any atom is -0.379 e. The fourth-order valence-electron chi connectivity index (χ4n) is 5.37. The number of aryl methyl sites for hydroxylation is 2. The Morgan fingerprint density at radius 1 is 1.02 bits per heavy atom. The molecule has 1 amide bonds. The summed E-state index contributed by atoms with van der Waals surface area (Å²) in [5.41, 5.74) is 3.00. The molecule has 1 aliphatic heterocycles. The Bertz CT molecular complexity index is 1810. The summed E-state index contributed by atoms with van der Waals surface area (Å²) >= 11 is 1.37. The number of ether oxygens (including phenoxy) is 1. The predicted molar refractivity (Wildman–Crippen MR) is 161 cm³/mol. The summed E-state index contributed by atoms with van der Waals surface area (Å²) < 4.78 is 11.0. The van der Waals surface area contributed by atoms with Gasteiger partial charge in [-0.25, -0.2) is 4.98 Å². The molecule has 0 unspecified atom stereocenters. The first-order valence-electron chi connectivity index (χ1n) is 13.8. The van der Waals surface area contributed by atoms with Gasteiger partial charge in [0.1, 0.15) is 6.54 Å². The molecule has 0 radical (unpaired) electrons. The van der Waals surface area contributed by atoms with E-state index in [1.165, 1.54) is 22.1 Å². The van der Waals surface area contributed by atoms with E-state index >= 15 is 0 Å². The molecule has 3 aromatic heterocycles. The van der Waals surface area contributed by atoms with E-state index in [1.807, 2.05) is 55.5 Å². The van der Waals surface area contributed by atoms with Gasteiger partial charge in [-0.3, -0.25) is 24.0 Å². The average Bonchev–Trinajstić information content (AvgIpc) is 3.50. The minimum atomic E-state index is -0.312. The summed E-state index contributed by atoms with van der Waals surface area (Å²) in [4.78, 5) is 47.7. The van der Waals surface area contributed by atoms with Crippen molar-refractivity contribution < 1.29 is 9.53 Å². The van der Waals surface area contributed by atoms with Crippen LogP contribution in [0.25, 0.3) is 26.3 Å². The van der Waals surface area contributed by atoms with E-state index in [9.17, 15) is 14.4 Å². The number of anilines is 1. The van der Waals surface area contributed by atoms with E-state index in [-0.39, 0.29) is 23.6 Å². The Morgan fingerprint density at radius 2 is 1.78 bits per heavy atom. The molecule has 1 aliphatic rings. The van der Waals surface area contributed by atoms with Crippen LogP contribution in [-0.2, 0) is 22.6 Å². The highest BCUT2D eigenvalue weighted by molar-refractivity contribution is 7.20. The number of amides is 1. The summed E-state index contributed by atoms with van der Waals surface area (Å²) in [5, 5.41) is 3.77. The lowest BCUT2D eigenvalue weighted by Gasteiger charge is -2.26. The van der Waals surface area contributed by atoms with Crippen molar-refractivity contribution in [2.75, 3.05) is 38.2 Å². The molecule has 2 aromatic carbocycles. The highest BCUT2D eigenvalue weighted by atomic mass is 32.1. The van der Waals surface area contributed by atoms with Crippen LogP contribution in [0.4, 0.5) is 5.69 Å². The number of hydrogen-bond acceptors (Lipinski definition) is 7. The zero-order chi connectivity index (χ0) is 28.5. The van der Waals surface area contributed by atoms with Gasteiger partial charge in [0.15, 0.2) is 0 Å². The molecule has 10 nitrogen and oxygen atoms in total. The van der Waals surface area contributed by atoms with Crippen molar-refractivity contribution in [2.24, 2.45) is 0 Å². The average molecular weight is 573 g/mol. The van der Waals surface area contributed by atoms with E-state index < -0.39 is 0 Å². The lowest BCUT2D eigenvalue weighted by Crippen LogP contribution is -2.37. The number of rotatable bonds is 8. The second-order valence-corrected chi connectivity index (χ2v) is 11.3. The number of carbonyl (C=O) groups is 1. The van der Waals surface area contributed by atoms with Crippen LogP contribution >= 0.6 is 11.3 Å². The number of hydrogen-bond donors (Lipinski definition) is 1. The van der Waals surface area contributed by atoms with Gasteiger partial charge < -0.3 is 14.6 Å². The molecular formula is C30H32N6O4S. The van der Waals surface area contributed by atoms with Gasteiger partial charge in [0.2, 0.25) is 11.0 Å². The SMILES string of the molecule is Cc1ccc(NC(=O)Cn2c3cc(=O)n(CCCN4CCOCC4)c(C)c3c(=O)n2-c2nc3ccccc3s2)cc1. The Kier molecular flexibility index (Phi) is 7.57. The fraction of sp³-hybridized carbons (Fsp3) is 0.333. The van der Waals surface area contributed by atoms with Crippen LogP contribution in [0.15, 0.2) is 64.2 Å². The second kappa shape index (κ2) is 11.4. The molecule has 212 valence electrons. The molecule has 0 bridgehead atoms. The molecule has 6 rings (SSSR count). The van der Waals surface area contributed by atoms with E-state index in [0.29, 0.717) is 34.0 Å². The zero-order valence-corrected chi connectivity index (χ0v) is 23.9. The van der Waals surface area contributed by atoms with Gasteiger partial charge in [0, 0.05) is 43.6 Å². The molecule has 0 atom stereocenters. The van der Waals surface area contributed by atoms with Crippen molar-refractivity contribution >= 4 is 44.1 Å². The molecule has 41 heavy (non-hydrogen) atoms. The number of pyridine rings is 1. The Morgan fingerprint density at radius 3 is 2.54 bits per heavy atom. The minimum absolute atomic E-state index is 0.164. The Balaban J connectivity index is 1.40. The van der Waals surface area contributed by atoms with Gasteiger partial charge in [-0.05, 0) is 44.5 Å². The maximum atomic E-state index is 14.0. The van der Waals surface area contributed by atoms with Gasteiger partial charge in [0.05, 0.1) is 34.3 Å². The third-order valence-electron chi connectivity index (χ3n) is 7.53. The van der Waals surface area contributed by atoms with Crippen LogP contribution < -0.4 is 16.4 Å². The first-order valence-corrected chi connectivity index (χ1v) is 14.6. The molecule has 0 aliphatic carbocycles. The maximum Gasteiger partial charge on any atom is 0.283 e. The molecule has 1 fully saturated rings. The van der Waals surface area contributed by atoms with Gasteiger partial charge in [-0.15, -0.1) is 0 Å². The molecule has 11 heteroatoms. The summed E-state index contributed by atoms with van der Waals surface area (Å²) in [7, 11) is 0. The van der Waals surface area contributed by atoms with Crippen molar-refractivity contribution in [3.05, 3.63) is 86.6 Å². The molecule has 4 heterocycles. The highest BCUT2D eigenvalue weighted by Crippen LogP contribution is 2.26. The number of nitrogens with one attached hydrogen (secondary N) is 1. The van der Waals surface area contributed by atoms with Crippen molar-refractivity contribution in [1.82, 2.24) is 23.8 Å². The first-order chi connectivity index (χ1) is 19.9. The van der Waals surface area contributed by atoms with Crippen LogP contribution in [0.3, 0.4) is 0 Å². The molecule has 5 aromatic rings. The van der Waals surface area contributed by atoms with Crippen molar-refractivity contribution in [3.63, 3.8) is 0 Å². The quantitative estimate of drug-likeness (QED) is 0.305. The van der Waals surface area contributed by atoms with E-state index in [2.05, 4.69) is 10.2 Å². The number of carbonyl (C=O) groups excluding carboxylic acids is 1. The molecule has 0 saturated carbocycles. The predicted octanol–water partition coefficient (Wildman–Crippen LogP) is 3.54. The summed E-state index contributed by atoms with van der Waals surface area (Å²) in [6.07, 6.45) is 0.776. The summed E-state index contributed by atoms with van der Waals surface area (Å²) in [6.45, 7) is 8.18. The molecule has 0 spiro atoms. The van der Waals surface area contributed by atoms with Crippen LogP contribution in [0.5, 0.6) is 0 Å². The topological polar surface area (TPSA) is 103 Å². The molecule has 1 N–H and O–H groups in total. The van der Waals surface area contributed by atoms with Gasteiger partial charge in [-0.1, -0.05) is 41.2 Å². The molecule has 1 saturated heterocycles. The third-order valence-corrected chi connectivity index (χ3v) is 8.54. The number of morpholine rings is 1. The normalized spacial score (nSPS) is 14.2. The smallest absolute Gasteiger partial charge is 0.283 e. The van der Waals surface area contributed by atoms with E-state index in [4.69, 9.17) is 9.72 Å². The Hall–Kier alpha value is -4.06. The zero-order valence-electron chi connectivity index (χ0n) is 23.1. The fourth-order valence-corrected chi connectivity index (χ4v) is 6.34. The number of nitrogens with zero attached hydrogens (tertiary/aromatic N) is 5. The first kappa shape index (κ1) is 27.1. The molecular weight excluding hydrogens is 540 g/mol. The number of para-hydroxylation sites is 1. The second-order valence-electron chi connectivity index (χ2n) is 10.3. The number of fused-ring (bicyclic) bond motifs is 2. The van der Waals surface area contributed by atoms with E-state index in [0.717, 1.165) is 55.0 Å². The van der Waals surface area contributed by atoms with Gasteiger partial charge >= 0.3 is 0 Å². The van der Waals surface area contributed by atoms with Crippen LogP contribution in [0, 0.1) is 13.8 Å². The maximum absolute atomic E-state index is 14.0. The standard InChI is InChI=1S/C30H32N6O4S/c1-20-8-10-22(11-9-20)31-26(37)19-35-24-18-27(38)34(13-5-12-33-14-16-40-17-15-33)21(2)28(24)29(39)36(35)30-32-23-6-3-4-7-25(23)41-30/h3-4,6-11,18H,5,12-17,19H2,1-2H3,(H,31,37). The summed E-state index contributed by atoms with van der Waals surface area (Å²) in [6, 6.07) is 16.6. The highest BCUT2D eigenvalue weighted by Gasteiger charge is 2.23. The van der Waals surface area contributed by atoms with Crippen LogP contribution in [0.1, 0.15) is 17.7 Å². The monoisotopic (exact) mass is 572 g/mol. The lowest BCUT2D eigenvalue weighted by atomic mass is 10.2. The van der Waals surface area contributed by atoms with Crippen molar-refractivity contribution in [3.8, 4) is 5.13 Å². The van der Waals surface area contributed by atoms with Gasteiger partial charge in [0.25, 0.3) is 11.1 Å². The number of thiazole rings is 1. The third kappa shape index (κ3) is 5.48. The largest absolute Gasteiger partial charge is 0.379 e. The summed E-state index contributed by atoms with van der Waals surface area (Å²) in [5.74, 6) is -0.312. The van der Waals surface area contributed by atoms with Crippen LogP contribution in [-0.4, -0.2) is 62.6 Å². The number of aromatic nitrogens is 4. The Labute approximate surface area is 240 Å². The van der Waals surface area contributed by atoms with Crippen molar-refractivity contribution in [1.29, 1.82) is 0 Å². The number of benzene rings is 2. The lowest BCUT2D eigenvalue weighted by molar-refractivity contribution is -0.116. The van der Waals surface area contributed by atoms with Crippen LogP contribution in [0.2, 0.25) is 0 Å². The van der Waals surface area contributed by atoms with Crippen molar-refractivity contribution in [2.45, 2.75) is 33.4 Å².